The number of benzene rings is 2. The third-order valence-electron chi connectivity index (χ3n) is 8.00. The van der Waals surface area contributed by atoms with Gasteiger partial charge in [-0.3, -0.25) is 14.4 Å². The first-order valence-electron chi connectivity index (χ1n) is 12.7. The number of amides is 2. The van der Waals surface area contributed by atoms with E-state index in [0.717, 1.165) is 19.4 Å². The molecule has 196 valence electrons. The highest BCUT2D eigenvalue weighted by Crippen LogP contribution is 2.43. The van der Waals surface area contributed by atoms with Gasteiger partial charge in [0.1, 0.15) is 0 Å². The summed E-state index contributed by atoms with van der Waals surface area (Å²) in [5.74, 6) is 0.851. The monoisotopic (exact) mass is 551 g/mol. The van der Waals surface area contributed by atoms with E-state index in [4.69, 9.17) is 28.2 Å². The Labute approximate surface area is 230 Å². The molecule has 4 heterocycles. The van der Waals surface area contributed by atoms with E-state index in [1.54, 1.807) is 59.0 Å². The molecular weight excluding hydrogens is 525 g/mol. The van der Waals surface area contributed by atoms with E-state index in [1.165, 1.54) is 0 Å². The van der Waals surface area contributed by atoms with Crippen molar-refractivity contribution in [2.24, 2.45) is 5.92 Å². The van der Waals surface area contributed by atoms with Crippen molar-refractivity contribution in [1.82, 2.24) is 19.8 Å². The molecule has 3 aliphatic heterocycles. The normalized spacial score (nSPS) is 21.6. The molecule has 2 amide bonds. The van der Waals surface area contributed by atoms with Crippen LogP contribution in [0.5, 0.6) is 0 Å². The van der Waals surface area contributed by atoms with Crippen molar-refractivity contribution in [2.75, 3.05) is 18.5 Å². The number of nitrogens with zero attached hydrogens (tertiary/aromatic N) is 4. The Hall–Kier alpha value is -3.36. The van der Waals surface area contributed by atoms with Crippen LogP contribution in [0, 0.1) is 5.92 Å². The molecule has 8 nitrogen and oxygen atoms in total. The standard InChI is InChI=1S/C28H27Cl2N5O3/c1-15-9-21-24(14-33(15)26(37)18-5-8-22(29)23(30)12-18)32-28(34-13-16-10-20(34)11-16)35(27(21)38)19-6-3-17(4-7-19)25(36)31-2/h3-8,12,15-16,20H,9-11,13-14H2,1-2H3,(H,31,36)/t15-,16?,20?/m1/s1. The van der Waals surface area contributed by atoms with E-state index in [-0.39, 0.29) is 30.0 Å². The summed E-state index contributed by atoms with van der Waals surface area (Å²) in [6, 6.07) is 12.0. The summed E-state index contributed by atoms with van der Waals surface area (Å²) in [5, 5.41) is 3.33. The first kappa shape index (κ1) is 24.9. The second-order valence-electron chi connectivity index (χ2n) is 10.4. The maximum atomic E-state index is 14.0. The van der Waals surface area contributed by atoms with E-state index < -0.39 is 0 Å². The molecule has 3 aromatic rings. The van der Waals surface area contributed by atoms with Crippen LogP contribution in [0.3, 0.4) is 0 Å². The summed E-state index contributed by atoms with van der Waals surface area (Å²) in [4.78, 5) is 48.5. The van der Waals surface area contributed by atoms with Crippen LogP contribution in [0.1, 0.15) is 51.7 Å². The Morgan fingerprint density at radius 3 is 2.37 bits per heavy atom. The number of aromatic nitrogens is 2. The van der Waals surface area contributed by atoms with Gasteiger partial charge in [-0.15, -0.1) is 0 Å². The highest BCUT2D eigenvalue weighted by molar-refractivity contribution is 6.42. The van der Waals surface area contributed by atoms with Crippen LogP contribution >= 0.6 is 23.2 Å². The van der Waals surface area contributed by atoms with Crippen LogP contribution in [-0.2, 0) is 13.0 Å². The first-order valence-corrected chi connectivity index (χ1v) is 13.5. The lowest BCUT2D eigenvalue weighted by atomic mass is 9.86. The van der Waals surface area contributed by atoms with Crippen molar-refractivity contribution in [3.63, 3.8) is 0 Å². The van der Waals surface area contributed by atoms with Gasteiger partial charge in [0.25, 0.3) is 17.4 Å². The van der Waals surface area contributed by atoms with E-state index in [0.29, 0.717) is 62.4 Å². The van der Waals surface area contributed by atoms with Crippen LogP contribution in [-0.4, -0.2) is 51.9 Å². The summed E-state index contributed by atoms with van der Waals surface area (Å²) in [6.07, 6.45) is 2.58. The fourth-order valence-electron chi connectivity index (χ4n) is 5.82. The molecule has 38 heavy (non-hydrogen) atoms. The van der Waals surface area contributed by atoms with Gasteiger partial charge in [-0.1, -0.05) is 23.2 Å². The first-order chi connectivity index (χ1) is 18.2. The van der Waals surface area contributed by atoms with E-state index in [2.05, 4.69) is 10.2 Å². The lowest BCUT2D eigenvalue weighted by Gasteiger charge is -2.36. The fourth-order valence-corrected chi connectivity index (χ4v) is 6.12. The minimum absolute atomic E-state index is 0.129. The van der Waals surface area contributed by atoms with Crippen LogP contribution in [0.15, 0.2) is 47.3 Å². The van der Waals surface area contributed by atoms with Gasteiger partial charge < -0.3 is 15.1 Å². The molecule has 3 fully saturated rings. The van der Waals surface area contributed by atoms with E-state index >= 15 is 0 Å². The molecule has 2 aromatic carbocycles. The molecule has 4 aliphatic rings. The van der Waals surface area contributed by atoms with Gasteiger partial charge in [0.05, 0.1) is 28.0 Å². The van der Waals surface area contributed by atoms with Crippen LogP contribution in [0.2, 0.25) is 10.0 Å². The maximum Gasteiger partial charge on any atom is 0.263 e. The second kappa shape index (κ2) is 9.43. The number of halogens is 2. The quantitative estimate of drug-likeness (QED) is 0.527. The molecule has 10 heteroatoms. The molecule has 1 saturated carbocycles. The third-order valence-corrected chi connectivity index (χ3v) is 8.74. The van der Waals surface area contributed by atoms with Gasteiger partial charge in [0, 0.05) is 42.4 Å². The van der Waals surface area contributed by atoms with Crippen molar-refractivity contribution in [1.29, 1.82) is 0 Å². The van der Waals surface area contributed by atoms with Gasteiger partial charge >= 0.3 is 0 Å². The zero-order chi connectivity index (χ0) is 26.7. The Balaban J connectivity index is 1.42. The molecule has 0 unspecified atom stereocenters. The number of nitrogens with one attached hydrogen (secondary N) is 1. The van der Waals surface area contributed by atoms with Gasteiger partial charge in [-0.05, 0) is 74.6 Å². The second-order valence-corrected chi connectivity index (χ2v) is 11.2. The number of carbonyl (C=O) groups is 2. The third kappa shape index (κ3) is 4.07. The Morgan fingerprint density at radius 1 is 1.03 bits per heavy atom. The topological polar surface area (TPSA) is 87.5 Å². The largest absolute Gasteiger partial charge is 0.355 e. The van der Waals surface area contributed by atoms with E-state index in [9.17, 15) is 14.4 Å². The molecule has 0 spiro atoms. The van der Waals surface area contributed by atoms with Gasteiger partial charge in [0.15, 0.2) is 0 Å². The fraction of sp³-hybridized carbons (Fsp3) is 0.357. The van der Waals surface area contributed by atoms with E-state index in [1.807, 2.05) is 6.92 Å². The number of hydrogen-bond donors (Lipinski definition) is 1. The van der Waals surface area contributed by atoms with Crippen molar-refractivity contribution in [3.05, 3.63) is 85.2 Å². The van der Waals surface area contributed by atoms with Crippen LogP contribution in [0.4, 0.5) is 5.95 Å². The summed E-state index contributed by atoms with van der Waals surface area (Å²) in [5.41, 5.74) is 2.74. The highest BCUT2D eigenvalue weighted by atomic mass is 35.5. The van der Waals surface area contributed by atoms with Crippen LogP contribution < -0.4 is 15.8 Å². The lowest BCUT2D eigenvalue weighted by molar-refractivity contribution is 0.0653. The average Bonchev–Trinajstić information content (AvgIpc) is 3.51. The Kier molecular flexibility index (Phi) is 6.19. The summed E-state index contributed by atoms with van der Waals surface area (Å²) >= 11 is 12.2. The zero-order valence-corrected chi connectivity index (χ0v) is 22.6. The summed E-state index contributed by atoms with van der Waals surface area (Å²) in [6.45, 7) is 3.02. The summed E-state index contributed by atoms with van der Waals surface area (Å²) in [7, 11) is 1.59. The number of hydrogen-bond acceptors (Lipinski definition) is 5. The number of fused-ring (bicyclic) bond motifs is 2. The molecule has 0 radical (unpaired) electrons. The smallest absolute Gasteiger partial charge is 0.263 e. The zero-order valence-electron chi connectivity index (χ0n) is 21.1. The van der Waals surface area contributed by atoms with Crippen molar-refractivity contribution in [3.8, 4) is 5.69 Å². The minimum atomic E-state index is -0.214. The molecule has 2 saturated heterocycles. The number of carbonyl (C=O) groups excluding carboxylic acids is 2. The maximum absolute atomic E-state index is 14.0. The molecule has 1 atom stereocenters. The predicted octanol–water partition coefficient (Wildman–Crippen LogP) is 4.08. The van der Waals surface area contributed by atoms with Crippen molar-refractivity contribution < 1.29 is 9.59 Å². The van der Waals surface area contributed by atoms with Crippen molar-refractivity contribution >= 4 is 41.0 Å². The van der Waals surface area contributed by atoms with Crippen molar-refractivity contribution in [2.45, 2.75) is 44.8 Å². The minimum Gasteiger partial charge on any atom is -0.355 e. The number of rotatable bonds is 4. The Bertz CT molecular complexity index is 1510. The highest BCUT2D eigenvalue weighted by Gasteiger charge is 2.45. The van der Waals surface area contributed by atoms with Gasteiger partial charge in [-0.25, -0.2) is 9.55 Å². The molecule has 1 aromatic heterocycles. The van der Waals surface area contributed by atoms with Crippen LogP contribution in [0.25, 0.3) is 5.69 Å². The lowest BCUT2D eigenvalue weighted by Crippen LogP contribution is -2.46. The number of anilines is 1. The molecular formula is C28H27Cl2N5O3. The SMILES string of the molecule is CNC(=O)c1ccc(-n2c(N3CC4CC3C4)nc3c(c2=O)C[C@@H](C)N(C(=O)c2ccc(Cl)c(Cl)c2)C3)cc1. The van der Waals surface area contributed by atoms with Gasteiger partial charge in [0.2, 0.25) is 5.95 Å². The molecule has 1 aliphatic carbocycles. The summed E-state index contributed by atoms with van der Waals surface area (Å²) < 4.78 is 1.68. The Morgan fingerprint density at radius 2 is 1.74 bits per heavy atom. The van der Waals surface area contributed by atoms with Gasteiger partial charge in [-0.2, -0.15) is 0 Å². The average molecular weight is 552 g/mol. The predicted molar refractivity (Wildman–Crippen MR) is 147 cm³/mol. The molecule has 2 bridgehead atoms. The molecule has 7 rings (SSSR count). The molecule has 1 N–H and O–H groups in total.